The number of nitrogens with zero attached hydrogens (tertiary/aromatic N) is 4. The monoisotopic (exact) mass is 495 g/mol. The Bertz CT molecular complexity index is 1510. The molecule has 170 valence electrons. The maximum atomic E-state index is 13.0. The molecule has 1 aliphatic heterocycles. The van der Waals surface area contributed by atoms with Crippen molar-refractivity contribution in [2.24, 2.45) is 0 Å². The lowest BCUT2D eigenvalue weighted by atomic mass is 9.98. The number of nitrogens with one attached hydrogen (secondary N) is 1. The Morgan fingerprint density at radius 3 is 2.50 bits per heavy atom. The second kappa shape index (κ2) is 8.77. The van der Waals surface area contributed by atoms with E-state index in [2.05, 4.69) is 15.1 Å². The predicted octanol–water partition coefficient (Wildman–Crippen LogP) is 3.62. The lowest BCUT2D eigenvalue weighted by molar-refractivity contribution is 0.0980. The van der Waals surface area contributed by atoms with Gasteiger partial charge >= 0.3 is 5.69 Å². The molecule has 4 aromatic rings. The Kier molecular flexibility index (Phi) is 5.64. The van der Waals surface area contributed by atoms with Gasteiger partial charge in [0.15, 0.2) is 5.75 Å². The van der Waals surface area contributed by atoms with Gasteiger partial charge in [0.25, 0.3) is 11.5 Å². The van der Waals surface area contributed by atoms with Gasteiger partial charge in [0.2, 0.25) is 0 Å². The minimum atomic E-state index is -0.729. The van der Waals surface area contributed by atoms with E-state index in [0.29, 0.717) is 30.1 Å². The summed E-state index contributed by atoms with van der Waals surface area (Å²) in [7, 11) is 0. The Hall–Kier alpha value is -3.95. The molecule has 0 fully saturated rings. The van der Waals surface area contributed by atoms with Crippen LogP contribution < -0.4 is 20.9 Å². The number of carbonyl (C=O) groups excluding carboxylic acids is 1. The first-order valence-corrected chi connectivity index (χ1v) is 10.9. The number of aromatic nitrogens is 4. The lowest BCUT2D eigenvalue weighted by Gasteiger charge is -2.28. The molecule has 0 saturated heterocycles. The summed E-state index contributed by atoms with van der Waals surface area (Å²) in [5, 5.41) is 4.06. The Balaban J connectivity index is 1.42. The smallest absolute Gasteiger partial charge is 0.349 e. The number of aromatic amines is 1. The molecule has 0 spiro atoms. The van der Waals surface area contributed by atoms with Gasteiger partial charge in [-0.05, 0) is 54.4 Å². The molecule has 0 unspecified atom stereocenters. The second-order valence-electron chi connectivity index (χ2n) is 7.41. The summed E-state index contributed by atoms with van der Waals surface area (Å²) in [6.45, 7) is 0.490. The van der Waals surface area contributed by atoms with Crippen LogP contribution in [0.4, 0.5) is 5.82 Å². The molecule has 1 amide bonds. The fourth-order valence-electron chi connectivity index (χ4n) is 3.68. The van der Waals surface area contributed by atoms with Gasteiger partial charge in [0.1, 0.15) is 17.8 Å². The van der Waals surface area contributed by atoms with Crippen molar-refractivity contribution in [1.82, 2.24) is 19.7 Å². The summed E-state index contributed by atoms with van der Waals surface area (Å²) in [5.41, 5.74) is 0.317. The molecular formula is C23H15Cl2N5O4. The van der Waals surface area contributed by atoms with Crippen LogP contribution in [0.25, 0.3) is 5.69 Å². The van der Waals surface area contributed by atoms with Crippen LogP contribution in [0.1, 0.15) is 15.9 Å². The molecule has 2 aromatic heterocycles. The number of amides is 1. The van der Waals surface area contributed by atoms with Crippen LogP contribution in [0.5, 0.6) is 11.5 Å². The number of hydrogen-bond donors (Lipinski definition) is 1. The largest absolute Gasteiger partial charge is 0.454 e. The molecule has 11 heteroatoms. The number of benzene rings is 2. The average Bonchev–Trinajstić information content (AvgIpc) is 2.82. The van der Waals surface area contributed by atoms with Gasteiger partial charge < -0.3 is 4.74 Å². The maximum absolute atomic E-state index is 13.0. The summed E-state index contributed by atoms with van der Waals surface area (Å²) < 4.78 is 6.89. The standard InChI is InChI=1S/C23H15Cl2N5O4/c24-17-10-14(30-23(33)28-20(31)12-27-30)11-18(25)21(17)34-15-4-5-16-13(9-15)6-8-29(22(16)32)19-3-1-2-7-26-19/h1-5,7,9-12H,6,8H2,(H,28,31,33). The zero-order valence-electron chi connectivity index (χ0n) is 17.4. The SMILES string of the molecule is O=C1c2ccc(Oc3c(Cl)cc(-n4ncc(=O)[nH]c4=O)cc3Cl)cc2CCN1c1ccccn1. The van der Waals surface area contributed by atoms with E-state index in [1.54, 1.807) is 41.4 Å². The first-order valence-electron chi connectivity index (χ1n) is 10.1. The summed E-state index contributed by atoms with van der Waals surface area (Å²) in [5.74, 6) is 1.11. The van der Waals surface area contributed by atoms with Crippen molar-refractivity contribution in [3.8, 4) is 17.2 Å². The molecule has 0 aliphatic carbocycles. The van der Waals surface area contributed by atoms with Gasteiger partial charge in [0, 0.05) is 18.3 Å². The van der Waals surface area contributed by atoms with Crippen LogP contribution in [0.2, 0.25) is 10.0 Å². The number of halogens is 2. The number of rotatable bonds is 4. The third-order valence-electron chi connectivity index (χ3n) is 5.24. The molecule has 34 heavy (non-hydrogen) atoms. The first-order chi connectivity index (χ1) is 16.4. The van der Waals surface area contributed by atoms with Crippen molar-refractivity contribution in [2.75, 3.05) is 11.4 Å². The number of hydrogen-bond acceptors (Lipinski definition) is 6. The van der Waals surface area contributed by atoms with Crippen LogP contribution in [0.15, 0.2) is 70.5 Å². The number of pyridine rings is 1. The molecule has 1 aliphatic rings. The lowest BCUT2D eigenvalue weighted by Crippen LogP contribution is -2.38. The van der Waals surface area contributed by atoms with Crippen LogP contribution in [0.3, 0.4) is 0 Å². The summed E-state index contributed by atoms with van der Waals surface area (Å²) >= 11 is 12.8. The number of H-pyrrole nitrogens is 1. The summed E-state index contributed by atoms with van der Waals surface area (Å²) in [4.78, 5) is 44.2. The normalized spacial score (nSPS) is 13.0. The molecule has 0 radical (unpaired) electrons. The molecule has 0 atom stereocenters. The highest BCUT2D eigenvalue weighted by molar-refractivity contribution is 6.37. The predicted molar refractivity (Wildman–Crippen MR) is 127 cm³/mol. The van der Waals surface area contributed by atoms with Crippen LogP contribution in [0, 0.1) is 0 Å². The van der Waals surface area contributed by atoms with Gasteiger partial charge in [-0.3, -0.25) is 19.5 Å². The first kappa shape index (κ1) is 21.9. The van der Waals surface area contributed by atoms with Gasteiger partial charge in [-0.1, -0.05) is 29.3 Å². The Morgan fingerprint density at radius 1 is 1.00 bits per heavy atom. The zero-order chi connectivity index (χ0) is 23.8. The number of carbonyl (C=O) groups is 1. The minimum absolute atomic E-state index is 0.134. The quantitative estimate of drug-likeness (QED) is 0.462. The van der Waals surface area contributed by atoms with Crippen molar-refractivity contribution in [1.29, 1.82) is 0 Å². The van der Waals surface area contributed by atoms with Gasteiger partial charge in [-0.2, -0.15) is 9.78 Å². The van der Waals surface area contributed by atoms with E-state index in [4.69, 9.17) is 27.9 Å². The van der Waals surface area contributed by atoms with E-state index in [9.17, 15) is 14.4 Å². The zero-order valence-corrected chi connectivity index (χ0v) is 18.9. The van der Waals surface area contributed by atoms with Crippen molar-refractivity contribution >= 4 is 34.9 Å². The molecule has 0 bridgehead atoms. The van der Waals surface area contributed by atoms with Crippen LogP contribution in [-0.4, -0.2) is 32.2 Å². The van der Waals surface area contributed by atoms with E-state index in [-0.39, 0.29) is 27.4 Å². The maximum Gasteiger partial charge on any atom is 0.349 e. The molecule has 1 N–H and O–H groups in total. The van der Waals surface area contributed by atoms with Crippen LogP contribution >= 0.6 is 23.2 Å². The highest BCUT2D eigenvalue weighted by atomic mass is 35.5. The van der Waals surface area contributed by atoms with E-state index >= 15 is 0 Å². The molecular weight excluding hydrogens is 481 g/mol. The summed E-state index contributed by atoms with van der Waals surface area (Å²) in [6, 6.07) is 13.5. The molecule has 0 saturated carbocycles. The third-order valence-corrected chi connectivity index (χ3v) is 5.80. The number of ether oxygens (including phenoxy) is 1. The van der Waals surface area contributed by atoms with Crippen molar-refractivity contribution < 1.29 is 9.53 Å². The van der Waals surface area contributed by atoms with E-state index in [0.717, 1.165) is 16.4 Å². The molecule has 3 heterocycles. The van der Waals surface area contributed by atoms with Crippen molar-refractivity contribution in [2.45, 2.75) is 6.42 Å². The fourth-order valence-corrected chi connectivity index (χ4v) is 4.23. The number of fused-ring (bicyclic) bond motifs is 1. The highest BCUT2D eigenvalue weighted by Gasteiger charge is 2.26. The van der Waals surface area contributed by atoms with E-state index in [1.807, 2.05) is 6.07 Å². The topological polar surface area (TPSA) is 110 Å². The molecule has 9 nitrogen and oxygen atoms in total. The molecule has 2 aromatic carbocycles. The third kappa shape index (κ3) is 4.07. The Labute approximate surface area is 202 Å². The van der Waals surface area contributed by atoms with Crippen molar-refractivity contribution in [3.05, 3.63) is 103 Å². The fraction of sp³-hybridized carbons (Fsp3) is 0.0870. The van der Waals surface area contributed by atoms with E-state index < -0.39 is 11.2 Å². The van der Waals surface area contributed by atoms with E-state index in [1.165, 1.54) is 12.1 Å². The Morgan fingerprint density at radius 2 is 1.79 bits per heavy atom. The summed E-state index contributed by atoms with van der Waals surface area (Å²) in [6.07, 6.45) is 3.24. The minimum Gasteiger partial charge on any atom is -0.454 e. The highest BCUT2D eigenvalue weighted by Crippen LogP contribution is 2.39. The van der Waals surface area contributed by atoms with Gasteiger partial charge in [0.05, 0.1) is 15.7 Å². The van der Waals surface area contributed by atoms with Crippen LogP contribution in [-0.2, 0) is 6.42 Å². The second-order valence-corrected chi connectivity index (χ2v) is 8.22. The molecule has 5 rings (SSSR count). The number of anilines is 1. The van der Waals surface area contributed by atoms with Crippen molar-refractivity contribution in [3.63, 3.8) is 0 Å². The van der Waals surface area contributed by atoms with Gasteiger partial charge in [-0.15, -0.1) is 0 Å². The van der Waals surface area contributed by atoms with Gasteiger partial charge in [-0.25, -0.2) is 9.78 Å². The average molecular weight is 496 g/mol.